The van der Waals surface area contributed by atoms with Crippen LogP contribution in [0.15, 0.2) is 0 Å². The fourth-order valence-corrected chi connectivity index (χ4v) is 1.48. The zero-order chi connectivity index (χ0) is 8.91. The monoisotopic (exact) mass is 158 g/mol. The van der Waals surface area contributed by atoms with Gasteiger partial charge in [0.15, 0.2) is 0 Å². The predicted molar refractivity (Wildman–Crippen MR) is 49.6 cm³/mol. The van der Waals surface area contributed by atoms with E-state index in [4.69, 9.17) is 5.11 Å². The summed E-state index contributed by atoms with van der Waals surface area (Å²) in [6.45, 7) is 9.35. The van der Waals surface area contributed by atoms with Crippen molar-refractivity contribution in [3.8, 4) is 0 Å². The molecule has 0 aliphatic rings. The van der Waals surface area contributed by atoms with Crippen LogP contribution in [0.2, 0.25) is 0 Å². The first kappa shape index (κ1) is 11.0. The van der Waals surface area contributed by atoms with Crippen LogP contribution in [-0.4, -0.2) is 11.7 Å². The molecule has 1 heteroatoms. The quantitative estimate of drug-likeness (QED) is 0.652. The molecule has 0 fully saturated rings. The lowest BCUT2D eigenvalue weighted by Gasteiger charge is -2.31. The van der Waals surface area contributed by atoms with Gasteiger partial charge in [-0.3, -0.25) is 0 Å². The Morgan fingerprint density at radius 3 is 2.27 bits per heavy atom. The number of hydrogen-bond donors (Lipinski definition) is 1. The summed E-state index contributed by atoms with van der Waals surface area (Å²) in [5, 5.41) is 8.77. The van der Waals surface area contributed by atoms with Gasteiger partial charge < -0.3 is 5.11 Å². The highest BCUT2D eigenvalue weighted by molar-refractivity contribution is 4.74. The molecule has 68 valence electrons. The summed E-state index contributed by atoms with van der Waals surface area (Å²) in [6.07, 6.45) is 3.43. The number of rotatable bonds is 5. The summed E-state index contributed by atoms with van der Waals surface area (Å²) in [7, 11) is 0. The van der Waals surface area contributed by atoms with Crippen molar-refractivity contribution in [2.45, 2.75) is 47.0 Å². The maximum absolute atomic E-state index is 8.77. The molecule has 1 nitrogen and oxygen atoms in total. The number of aliphatic hydroxyl groups is 1. The highest BCUT2D eigenvalue weighted by Crippen LogP contribution is 2.33. The molecule has 0 saturated heterocycles. The smallest absolute Gasteiger partial charge is 0.0433 e. The molecule has 0 radical (unpaired) electrons. The fourth-order valence-electron chi connectivity index (χ4n) is 1.48. The molecular formula is C10H22O. The van der Waals surface area contributed by atoms with Crippen LogP contribution in [0.25, 0.3) is 0 Å². The van der Waals surface area contributed by atoms with E-state index >= 15 is 0 Å². The third kappa shape index (κ3) is 3.76. The summed E-state index contributed by atoms with van der Waals surface area (Å²) in [5.74, 6) is 0.632. The van der Waals surface area contributed by atoms with Gasteiger partial charge in [-0.25, -0.2) is 0 Å². The first-order valence-electron chi connectivity index (χ1n) is 4.65. The van der Waals surface area contributed by atoms with Crippen LogP contribution in [0.3, 0.4) is 0 Å². The lowest BCUT2D eigenvalue weighted by molar-refractivity contribution is 0.160. The van der Waals surface area contributed by atoms with Crippen molar-refractivity contribution < 1.29 is 5.11 Å². The lowest BCUT2D eigenvalue weighted by Crippen LogP contribution is -2.22. The summed E-state index contributed by atoms with van der Waals surface area (Å²) < 4.78 is 0. The molecule has 0 aliphatic carbocycles. The van der Waals surface area contributed by atoms with Gasteiger partial charge in [0, 0.05) is 6.61 Å². The molecule has 11 heavy (non-hydrogen) atoms. The van der Waals surface area contributed by atoms with Crippen molar-refractivity contribution in [3.63, 3.8) is 0 Å². The molecule has 0 aromatic rings. The SMILES string of the molecule is CCCC(C)(C)C(C)CCO. The molecule has 0 amide bonds. The Morgan fingerprint density at radius 2 is 1.91 bits per heavy atom. The van der Waals surface area contributed by atoms with E-state index in [2.05, 4.69) is 27.7 Å². The zero-order valence-electron chi connectivity index (χ0n) is 8.35. The van der Waals surface area contributed by atoms with E-state index in [1.54, 1.807) is 0 Å². The maximum atomic E-state index is 8.77. The van der Waals surface area contributed by atoms with Crippen molar-refractivity contribution >= 4 is 0 Å². The summed E-state index contributed by atoms with van der Waals surface area (Å²) in [5.41, 5.74) is 0.400. The maximum Gasteiger partial charge on any atom is 0.0433 e. The first-order chi connectivity index (χ1) is 5.04. The molecule has 1 unspecified atom stereocenters. The molecule has 0 rings (SSSR count). The van der Waals surface area contributed by atoms with E-state index in [1.807, 2.05) is 0 Å². The Morgan fingerprint density at radius 1 is 1.36 bits per heavy atom. The van der Waals surface area contributed by atoms with Gasteiger partial charge in [0.1, 0.15) is 0 Å². The Kier molecular flexibility index (Phi) is 4.74. The minimum Gasteiger partial charge on any atom is -0.396 e. The fraction of sp³-hybridized carbons (Fsp3) is 1.00. The van der Waals surface area contributed by atoms with Crippen molar-refractivity contribution in [2.75, 3.05) is 6.61 Å². The number of aliphatic hydroxyl groups excluding tert-OH is 1. The van der Waals surface area contributed by atoms with Crippen LogP contribution in [0.1, 0.15) is 47.0 Å². The van der Waals surface area contributed by atoms with Gasteiger partial charge in [-0.05, 0) is 24.2 Å². The summed E-state index contributed by atoms with van der Waals surface area (Å²) in [4.78, 5) is 0. The van der Waals surface area contributed by atoms with Crippen LogP contribution >= 0.6 is 0 Å². The van der Waals surface area contributed by atoms with Crippen molar-refractivity contribution in [1.82, 2.24) is 0 Å². The second-order valence-electron chi connectivity index (χ2n) is 4.15. The van der Waals surface area contributed by atoms with Crippen LogP contribution in [0.5, 0.6) is 0 Å². The van der Waals surface area contributed by atoms with Gasteiger partial charge in [0.25, 0.3) is 0 Å². The molecule has 0 aliphatic heterocycles. The van der Waals surface area contributed by atoms with E-state index in [0.717, 1.165) is 6.42 Å². The predicted octanol–water partition coefficient (Wildman–Crippen LogP) is 2.83. The highest BCUT2D eigenvalue weighted by atomic mass is 16.3. The van der Waals surface area contributed by atoms with Gasteiger partial charge in [0.05, 0.1) is 0 Å². The van der Waals surface area contributed by atoms with Crippen molar-refractivity contribution in [1.29, 1.82) is 0 Å². The summed E-state index contributed by atoms with van der Waals surface area (Å²) in [6, 6.07) is 0. The zero-order valence-corrected chi connectivity index (χ0v) is 8.35. The minimum absolute atomic E-state index is 0.328. The largest absolute Gasteiger partial charge is 0.396 e. The molecule has 0 spiro atoms. The average Bonchev–Trinajstić information content (AvgIpc) is 1.88. The summed E-state index contributed by atoms with van der Waals surface area (Å²) >= 11 is 0. The van der Waals surface area contributed by atoms with E-state index in [1.165, 1.54) is 12.8 Å². The average molecular weight is 158 g/mol. The Bertz CT molecular complexity index is 97.0. The first-order valence-corrected chi connectivity index (χ1v) is 4.65. The molecular weight excluding hydrogens is 136 g/mol. The van der Waals surface area contributed by atoms with Gasteiger partial charge in [-0.2, -0.15) is 0 Å². The van der Waals surface area contributed by atoms with E-state index in [-0.39, 0.29) is 0 Å². The van der Waals surface area contributed by atoms with E-state index < -0.39 is 0 Å². The van der Waals surface area contributed by atoms with E-state index in [9.17, 15) is 0 Å². The van der Waals surface area contributed by atoms with Crippen LogP contribution in [0, 0.1) is 11.3 Å². The Balaban J connectivity index is 3.83. The Labute approximate surface area is 70.8 Å². The topological polar surface area (TPSA) is 20.2 Å². The molecule has 0 aromatic carbocycles. The van der Waals surface area contributed by atoms with Gasteiger partial charge in [0.2, 0.25) is 0 Å². The van der Waals surface area contributed by atoms with Gasteiger partial charge in [-0.1, -0.05) is 34.1 Å². The van der Waals surface area contributed by atoms with Crippen LogP contribution < -0.4 is 0 Å². The molecule has 1 N–H and O–H groups in total. The van der Waals surface area contributed by atoms with Gasteiger partial charge in [-0.15, -0.1) is 0 Å². The van der Waals surface area contributed by atoms with Crippen LogP contribution in [0.4, 0.5) is 0 Å². The molecule has 0 bridgehead atoms. The normalized spacial score (nSPS) is 15.0. The number of hydrogen-bond acceptors (Lipinski definition) is 1. The molecule has 0 heterocycles. The highest BCUT2D eigenvalue weighted by Gasteiger charge is 2.23. The second-order valence-corrected chi connectivity index (χ2v) is 4.15. The van der Waals surface area contributed by atoms with Crippen molar-refractivity contribution in [3.05, 3.63) is 0 Å². The molecule has 1 atom stereocenters. The standard InChI is InChI=1S/C10H22O/c1-5-7-10(3,4)9(2)6-8-11/h9,11H,5-8H2,1-4H3. The lowest BCUT2D eigenvalue weighted by atomic mass is 9.75. The third-order valence-electron chi connectivity index (χ3n) is 2.79. The second kappa shape index (κ2) is 4.76. The van der Waals surface area contributed by atoms with Gasteiger partial charge >= 0.3 is 0 Å². The van der Waals surface area contributed by atoms with Crippen LogP contribution in [-0.2, 0) is 0 Å². The minimum atomic E-state index is 0.328. The Hall–Kier alpha value is -0.0400. The van der Waals surface area contributed by atoms with E-state index in [0.29, 0.717) is 17.9 Å². The molecule has 0 saturated carbocycles. The van der Waals surface area contributed by atoms with Crippen molar-refractivity contribution in [2.24, 2.45) is 11.3 Å². The molecule has 0 aromatic heterocycles. The third-order valence-corrected chi connectivity index (χ3v) is 2.79.